The molecule has 1 aromatic rings. The third-order valence-corrected chi connectivity index (χ3v) is 3.19. The number of hydrogen-bond acceptors (Lipinski definition) is 4. The van der Waals surface area contributed by atoms with E-state index in [1.165, 1.54) is 0 Å². The molecule has 18 heavy (non-hydrogen) atoms. The second kappa shape index (κ2) is 6.56. The first-order valence-electron chi connectivity index (χ1n) is 6.03. The second-order valence-corrected chi connectivity index (χ2v) is 4.57. The maximum Gasteiger partial charge on any atom is 0.137 e. The summed E-state index contributed by atoms with van der Waals surface area (Å²) in [6.45, 7) is 1.72. The van der Waals surface area contributed by atoms with E-state index >= 15 is 0 Å². The molecule has 1 aliphatic heterocycles. The summed E-state index contributed by atoms with van der Waals surface area (Å²) in [4.78, 5) is 11.6. The Morgan fingerprint density at radius 1 is 1.39 bits per heavy atom. The molecule has 0 amide bonds. The van der Waals surface area contributed by atoms with Crippen LogP contribution in [0.3, 0.4) is 0 Å². The minimum Gasteiger partial charge on any atom is -0.371 e. The lowest BCUT2D eigenvalue weighted by atomic mass is 10.1. The van der Waals surface area contributed by atoms with E-state index in [9.17, 15) is 4.79 Å². The first-order valence-corrected chi connectivity index (χ1v) is 6.40. The van der Waals surface area contributed by atoms with E-state index in [-0.39, 0.29) is 11.9 Å². The predicted octanol–water partition coefficient (Wildman–Crippen LogP) is 1.88. The van der Waals surface area contributed by atoms with Crippen molar-refractivity contribution in [2.75, 3.05) is 13.1 Å². The molecule has 0 N–H and O–H groups in total. The van der Waals surface area contributed by atoms with Gasteiger partial charge in [0.15, 0.2) is 0 Å². The average molecular weight is 264 g/mol. The number of benzene rings is 1. The van der Waals surface area contributed by atoms with Gasteiger partial charge >= 0.3 is 0 Å². The minimum atomic E-state index is -0.119. The second-order valence-electron chi connectivity index (χ2n) is 4.41. The van der Waals surface area contributed by atoms with E-state index in [1.54, 1.807) is 5.01 Å². The minimum absolute atomic E-state index is 0.119. The Bertz CT molecular complexity index is 411. The smallest absolute Gasteiger partial charge is 0.137 e. The largest absolute Gasteiger partial charge is 0.371 e. The molecule has 4 nitrogen and oxygen atoms in total. The van der Waals surface area contributed by atoms with Crippen LogP contribution in [-0.2, 0) is 28.6 Å². The first kappa shape index (κ1) is 13.1. The molecule has 1 aliphatic rings. The molecule has 0 radical (unpaired) electrons. The average Bonchev–Trinajstić information content (AvgIpc) is 2.59. The first-order chi connectivity index (χ1) is 8.78. The van der Waals surface area contributed by atoms with E-state index < -0.39 is 0 Å². The van der Waals surface area contributed by atoms with Crippen molar-refractivity contribution >= 4 is 18.2 Å². The highest BCUT2D eigenvalue weighted by atomic mass is 32.1. The number of Topliss-reactive ketones (excluding diaryl/α,β-unsaturated/α-hetero) is 1. The van der Waals surface area contributed by atoms with Gasteiger partial charge in [-0.15, -0.1) is 4.47 Å². The summed E-state index contributed by atoms with van der Waals surface area (Å²) in [6.07, 6.45) is 0.839. The molecule has 1 saturated heterocycles. The molecule has 0 spiro atoms. The van der Waals surface area contributed by atoms with Crippen molar-refractivity contribution in [2.45, 2.75) is 25.6 Å². The van der Waals surface area contributed by atoms with Gasteiger partial charge in [-0.2, -0.15) is 0 Å². The Labute approximate surface area is 112 Å². The molecular formula is C13H16N2O2S. The quantitative estimate of drug-likeness (QED) is 0.832. The highest BCUT2D eigenvalue weighted by Crippen LogP contribution is 2.13. The number of ketones is 1. The third kappa shape index (κ3) is 3.85. The summed E-state index contributed by atoms with van der Waals surface area (Å²) < 4.78 is 9.51. The fraction of sp³-hybridized carbons (Fsp3) is 0.462. The monoisotopic (exact) mass is 264 g/mol. The zero-order chi connectivity index (χ0) is 12.8. The predicted molar refractivity (Wildman–Crippen MR) is 70.6 cm³/mol. The van der Waals surface area contributed by atoms with Crippen LogP contribution in [0.4, 0.5) is 0 Å². The number of carbonyl (C=O) groups excluding carboxylic acids is 1. The van der Waals surface area contributed by atoms with Gasteiger partial charge in [-0.3, -0.25) is 9.80 Å². The molecular weight excluding hydrogens is 248 g/mol. The topological polar surface area (TPSA) is 41.9 Å². The van der Waals surface area contributed by atoms with Gasteiger partial charge in [-0.25, -0.2) is 0 Å². The summed E-state index contributed by atoms with van der Waals surface area (Å²) in [5, 5.41) is 1.73. The molecule has 0 aromatic heterocycles. The standard InChI is InChI=1S/C13H16N2O2S/c16-12-6-7-15(14-18)9-13(8-12)17-10-11-4-2-1-3-5-11/h1-5,13H,6-10H2. The normalized spacial score (nSPS) is 20.6. The maximum absolute atomic E-state index is 11.6. The molecule has 2 rings (SSSR count). The van der Waals surface area contributed by atoms with Crippen molar-refractivity contribution in [3.63, 3.8) is 0 Å². The molecule has 1 unspecified atom stereocenters. The van der Waals surface area contributed by atoms with Crippen molar-refractivity contribution < 1.29 is 9.53 Å². The molecule has 1 atom stereocenters. The zero-order valence-electron chi connectivity index (χ0n) is 10.1. The van der Waals surface area contributed by atoms with Crippen LogP contribution >= 0.6 is 0 Å². The molecule has 96 valence electrons. The van der Waals surface area contributed by atoms with Gasteiger partial charge in [0.25, 0.3) is 0 Å². The van der Waals surface area contributed by atoms with Crippen molar-refractivity contribution in [1.29, 1.82) is 0 Å². The number of carbonyl (C=O) groups is 1. The summed E-state index contributed by atoms with van der Waals surface area (Å²) in [5.74, 6) is 0.217. The highest BCUT2D eigenvalue weighted by Gasteiger charge is 2.22. The molecule has 0 aliphatic carbocycles. The Hall–Kier alpha value is -1.33. The lowest BCUT2D eigenvalue weighted by molar-refractivity contribution is -0.121. The number of ether oxygens (including phenoxy) is 1. The van der Waals surface area contributed by atoms with Crippen LogP contribution in [0.25, 0.3) is 0 Å². The van der Waals surface area contributed by atoms with E-state index in [4.69, 9.17) is 4.74 Å². The van der Waals surface area contributed by atoms with Crippen LogP contribution in [-0.4, -0.2) is 30.0 Å². The van der Waals surface area contributed by atoms with E-state index in [1.807, 2.05) is 30.3 Å². The van der Waals surface area contributed by atoms with Gasteiger partial charge in [-0.05, 0) is 5.56 Å². The van der Waals surface area contributed by atoms with E-state index in [0.29, 0.717) is 32.5 Å². The SMILES string of the molecule is O=C1CCN(N=S)CC(OCc2ccccc2)C1. The molecule has 1 aromatic carbocycles. The Kier molecular flexibility index (Phi) is 4.78. The van der Waals surface area contributed by atoms with Crippen molar-refractivity contribution in [2.24, 2.45) is 4.47 Å². The maximum atomic E-state index is 11.6. The van der Waals surface area contributed by atoms with Crippen LogP contribution in [0.15, 0.2) is 34.8 Å². The van der Waals surface area contributed by atoms with Gasteiger partial charge in [0, 0.05) is 19.4 Å². The van der Waals surface area contributed by atoms with Crippen LogP contribution in [0.2, 0.25) is 0 Å². The Balaban J connectivity index is 1.90. The van der Waals surface area contributed by atoms with E-state index in [0.717, 1.165) is 5.56 Å². The van der Waals surface area contributed by atoms with Gasteiger partial charge in [-0.1, -0.05) is 30.3 Å². The lowest BCUT2D eigenvalue weighted by Crippen LogP contribution is -2.28. The van der Waals surface area contributed by atoms with Crippen LogP contribution in [0, 0.1) is 0 Å². The van der Waals surface area contributed by atoms with Crippen molar-refractivity contribution in [1.82, 2.24) is 5.01 Å². The number of hydrogen-bond donors (Lipinski definition) is 0. The fourth-order valence-electron chi connectivity index (χ4n) is 1.97. The number of nitrogens with zero attached hydrogens (tertiary/aromatic N) is 2. The van der Waals surface area contributed by atoms with Crippen LogP contribution < -0.4 is 0 Å². The molecule has 1 heterocycles. The molecule has 0 saturated carbocycles. The molecule has 1 fully saturated rings. The van der Waals surface area contributed by atoms with E-state index in [2.05, 4.69) is 16.9 Å². The van der Waals surface area contributed by atoms with Gasteiger partial charge in [0.2, 0.25) is 0 Å². The zero-order valence-corrected chi connectivity index (χ0v) is 10.9. The molecule has 5 heteroatoms. The summed E-state index contributed by atoms with van der Waals surface area (Å²) in [6, 6.07) is 9.93. The fourth-order valence-corrected chi connectivity index (χ4v) is 2.12. The summed E-state index contributed by atoms with van der Waals surface area (Å²) >= 11 is 4.69. The van der Waals surface area contributed by atoms with Gasteiger partial charge in [0.05, 0.1) is 31.7 Å². The Morgan fingerprint density at radius 3 is 2.89 bits per heavy atom. The molecule has 0 bridgehead atoms. The Morgan fingerprint density at radius 2 is 2.17 bits per heavy atom. The van der Waals surface area contributed by atoms with Gasteiger partial charge in [0.1, 0.15) is 5.78 Å². The highest BCUT2D eigenvalue weighted by molar-refractivity contribution is 7.47. The van der Waals surface area contributed by atoms with Gasteiger partial charge < -0.3 is 4.74 Å². The lowest BCUT2D eigenvalue weighted by Gasteiger charge is -2.20. The number of rotatable bonds is 4. The summed E-state index contributed by atoms with van der Waals surface area (Å²) in [7, 11) is 0. The third-order valence-electron chi connectivity index (χ3n) is 2.96. The van der Waals surface area contributed by atoms with Crippen molar-refractivity contribution in [3.8, 4) is 0 Å². The van der Waals surface area contributed by atoms with Crippen LogP contribution in [0.5, 0.6) is 0 Å². The van der Waals surface area contributed by atoms with Crippen molar-refractivity contribution in [3.05, 3.63) is 35.9 Å². The van der Waals surface area contributed by atoms with Crippen LogP contribution in [0.1, 0.15) is 18.4 Å². The summed E-state index contributed by atoms with van der Waals surface area (Å²) in [5.41, 5.74) is 1.11.